The second-order valence-electron chi connectivity index (χ2n) is 2.62. The molecule has 0 bridgehead atoms. The summed E-state index contributed by atoms with van der Waals surface area (Å²) in [5.41, 5.74) is -3.54. The molecule has 0 heterocycles. The van der Waals surface area contributed by atoms with Crippen molar-refractivity contribution in [2.45, 2.75) is 38.0 Å². The van der Waals surface area contributed by atoms with Crippen molar-refractivity contribution in [3.63, 3.8) is 0 Å². The van der Waals surface area contributed by atoms with Crippen LogP contribution in [0.15, 0.2) is 0 Å². The minimum absolute atomic E-state index is 0.237. The maximum Gasteiger partial charge on any atom is 0.456 e. The molecule has 0 aliphatic rings. The average molecular weight is 194 g/mol. The van der Waals surface area contributed by atoms with E-state index in [1.165, 1.54) is 0 Å². The zero-order chi connectivity index (χ0) is 10.2. The molecule has 0 saturated carbocycles. The first kappa shape index (κ1) is 11.6. The molecule has 0 radical (unpaired) electrons. The van der Waals surface area contributed by atoms with Crippen LogP contribution in [0.1, 0.15) is 20.3 Å². The minimum Gasteiger partial charge on any atom is -0.237 e. The molecule has 0 aliphatic heterocycles. The van der Waals surface area contributed by atoms with E-state index in [-0.39, 0.29) is 6.92 Å². The first-order valence-electron chi connectivity index (χ1n) is 3.19. The maximum absolute atomic E-state index is 12.6. The fourth-order valence-electron chi connectivity index (χ4n) is 0.518. The quantitative estimate of drug-likeness (QED) is 0.591. The van der Waals surface area contributed by atoms with Crippen molar-refractivity contribution in [3.8, 4) is 0 Å². The molecule has 0 rings (SSSR count). The number of hydrogen-bond donors (Lipinski definition) is 0. The van der Waals surface area contributed by atoms with Crippen LogP contribution in [0, 0.1) is 0 Å². The van der Waals surface area contributed by atoms with Crippen molar-refractivity contribution in [2.75, 3.05) is 0 Å². The Labute approximate surface area is 65.6 Å². The Morgan fingerprint density at radius 1 is 0.917 bits per heavy atom. The highest BCUT2D eigenvalue weighted by molar-refractivity contribution is 4.94. The van der Waals surface area contributed by atoms with Crippen LogP contribution < -0.4 is 0 Å². The molecular weight excluding hydrogens is 186 g/mol. The fraction of sp³-hybridized carbons (Fsp3) is 1.00. The van der Waals surface area contributed by atoms with Gasteiger partial charge in [-0.1, -0.05) is 6.92 Å². The zero-order valence-corrected chi connectivity index (χ0v) is 6.47. The summed E-state index contributed by atoms with van der Waals surface area (Å²) < 4.78 is 71.6. The topological polar surface area (TPSA) is 0 Å². The van der Waals surface area contributed by atoms with E-state index in [1.807, 2.05) is 0 Å². The van der Waals surface area contributed by atoms with Crippen LogP contribution in [0.3, 0.4) is 0 Å². The normalized spacial score (nSPS) is 19.0. The van der Waals surface area contributed by atoms with Crippen LogP contribution in [0.25, 0.3) is 0 Å². The second kappa shape index (κ2) is 2.81. The maximum atomic E-state index is 12.6. The van der Waals surface area contributed by atoms with Crippen LogP contribution in [0.4, 0.5) is 26.3 Å². The van der Waals surface area contributed by atoms with E-state index < -0.39 is 24.2 Å². The summed E-state index contributed by atoms with van der Waals surface area (Å²) in [6, 6.07) is 0. The van der Waals surface area contributed by atoms with E-state index in [2.05, 4.69) is 0 Å². The molecule has 0 aliphatic carbocycles. The molecule has 0 amide bonds. The Morgan fingerprint density at radius 2 is 1.25 bits per heavy atom. The van der Waals surface area contributed by atoms with Crippen molar-refractivity contribution in [1.29, 1.82) is 0 Å². The van der Waals surface area contributed by atoms with Crippen LogP contribution >= 0.6 is 0 Å². The van der Waals surface area contributed by atoms with E-state index in [1.54, 1.807) is 0 Å². The average Bonchev–Trinajstić information content (AvgIpc) is 1.85. The summed E-state index contributed by atoms with van der Waals surface area (Å²) in [5, 5.41) is 0. The largest absolute Gasteiger partial charge is 0.456 e. The molecule has 0 aromatic rings. The predicted octanol–water partition coefficient (Wildman–Crippen LogP) is 3.32. The van der Waals surface area contributed by atoms with Gasteiger partial charge in [0.15, 0.2) is 5.67 Å². The van der Waals surface area contributed by atoms with Gasteiger partial charge in [-0.25, -0.2) is 4.39 Å². The van der Waals surface area contributed by atoms with E-state index in [0.717, 1.165) is 6.92 Å². The molecule has 0 spiro atoms. The Balaban J connectivity index is 4.85. The van der Waals surface area contributed by atoms with Gasteiger partial charge >= 0.3 is 12.1 Å². The highest BCUT2D eigenvalue weighted by Gasteiger charge is 2.68. The minimum atomic E-state index is -5.83. The van der Waals surface area contributed by atoms with E-state index in [4.69, 9.17) is 0 Å². The number of alkyl halides is 6. The Bertz CT molecular complexity index is 156. The standard InChI is InChI=1S/C6H8F6/c1-3-4(2,7)5(8,9)6(10,11)12/h3H2,1-2H3. The van der Waals surface area contributed by atoms with Gasteiger partial charge < -0.3 is 0 Å². The second-order valence-corrected chi connectivity index (χ2v) is 2.62. The lowest BCUT2D eigenvalue weighted by molar-refractivity contribution is -0.324. The monoisotopic (exact) mass is 194 g/mol. The third kappa shape index (κ3) is 1.67. The fourth-order valence-corrected chi connectivity index (χ4v) is 0.518. The van der Waals surface area contributed by atoms with Gasteiger partial charge in [0.05, 0.1) is 0 Å². The predicted molar refractivity (Wildman–Crippen MR) is 30.8 cm³/mol. The molecular formula is C6H8F6. The summed E-state index contributed by atoms with van der Waals surface area (Å²) in [7, 11) is 0. The highest BCUT2D eigenvalue weighted by Crippen LogP contribution is 2.46. The smallest absolute Gasteiger partial charge is 0.237 e. The van der Waals surface area contributed by atoms with Crippen LogP contribution in [-0.4, -0.2) is 17.8 Å². The zero-order valence-electron chi connectivity index (χ0n) is 6.47. The molecule has 0 aromatic heterocycles. The molecule has 6 heteroatoms. The van der Waals surface area contributed by atoms with Gasteiger partial charge in [-0.05, 0) is 13.3 Å². The molecule has 0 saturated heterocycles. The number of halogens is 6. The van der Waals surface area contributed by atoms with Crippen LogP contribution in [-0.2, 0) is 0 Å². The lowest BCUT2D eigenvalue weighted by atomic mass is 9.97. The van der Waals surface area contributed by atoms with Gasteiger partial charge in [0.25, 0.3) is 0 Å². The first-order valence-corrected chi connectivity index (χ1v) is 3.19. The van der Waals surface area contributed by atoms with Crippen molar-refractivity contribution in [1.82, 2.24) is 0 Å². The van der Waals surface area contributed by atoms with Crippen molar-refractivity contribution in [3.05, 3.63) is 0 Å². The van der Waals surface area contributed by atoms with Crippen molar-refractivity contribution in [2.24, 2.45) is 0 Å². The van der Waals surface area contributed by atoms with Crippen molar-refractivity contribution < 1.29 is 26.3 Å². The summed E-state index contributed by atoms with van der Waals surface area (Å²) in [4.78, 5) is 0. The molecule has 74 valence electrons. The highest BCUT2D eigenvalue weighted by atomic mass is 19.4. The third-order valence-electron chi connectivity index (χ3n) is 1.67. The van der Waals surface area contributed by atoms with Gasteiger partial charge in [-0.15, -0.1) is 0 Å². The molecule has 1 atom stereocenters. The van der Waals surface area contributed by atoms with Crippen LogP contribution in [0.5, 0.6) is 0 Å². The summed E-state index contributed by atoms with van der Waals surface area (Å²) in [6.07, 6.45) is -6.72. The lowest BCUT2D eigenvalue weighted by Crippen LogP contribution is -2.52. The van der Waals surface area contributed by atoms with E-state index in [9.17, 15) is 26.3 Å². The van der Waals surface area contributed by atoms with Gasteiger partial charge in [0.2, 0.25) is 0 Å². The Morgan fingerprint density at radius 3 is 1.33 bits per heavy atom. The molecule has 0 fully saturated rings. The van der Waals surface area contributed by atoms with E-state index >= 15 is 0 Å². The first-order chi connectivity index (χ1) is 5.06. The van der Waals surface area contributed by atoms with Gasteiger partial charge in [0, 0.05) is 0 Å². The lowest BCUT2D eigenvalue weighted by Gasteiger charge is -2.30. The molecule has 0 aromatic carbocycles. The van der Waals surface area contributed by atoms with Gasteiger partial charge in [0.1, 0.15) is 0 Å². The van der Waals surface area contributed by atoms with Gasteiger partial charge in [-0.2, -0.15) is 22.0 Å². The molecule has 0 N–H and O–H groups in total. The number of rotatable bonds is 2. The summed E-state index contributed by atoms with van der Waals surface area (Å²) in [6.45, 7) is 1.17. The summed E-state index contributed by atoms with van der Waals surface area (Å²) in [5.74, 6) is -5.28. The number of hydrogen-bond acceptors (Lipinski definition) is 0. The SMILES string of the molecule is CCC(C)(F)C(F)(F)C(F)(F)F. The Hall–Kier alpha value is -0.420. The third-order valence-corrected chi connectivity index (χ3v) is 1.67. The molecule has 12 heavy (non-hydrogen) atoms. The summed E-state index contributed by atoms with van der Waals surface area (Å²) >= 11 is 0. The molecule has 1 unspecified atom stereocenters. The van der Waals surface area contributed by atoms with E-state index in [0.29, 0.717) is 0 Å². The Kier molecular flexibility index (Phi) is 2.71. The van der Waals surface area contributed by atoms with Gasteiger partial charge in [-0.3, -0.25) is 0 Å². The van der Waals surface area contributed by atoms with Crippen LogP contribution in [0.2, 0.25) is 0 Å². The van der Waals surface area contributed by atoms with Crippen molar-refractivity contribution >= 4 is 0 Å². The molecule has 0 nitrogen and oxygen atoms in total.